The van der Waals surface area contributed by atoms with Crippen LogP contribution in [0, 0.1) is 57.2 Å². The molecule has 2 aliphatic heterocycles. The largest absolute Gasteiger partial charge is 0.508 e. The Kier molecular flexibility index (Phi) is 13.4. The predicted octanol–water partition coefficient (Wildman–Crippen LogP) is 11.6. The third-order valence-electron chi connectivity index (χ3n) is 23.1. The maximum absolute atomic E-state index is 15.9. The second kappa shape index (κ2) is 18.9. The van der Waals surface area contributed by atoms with Crippen LogP contribution >= 0.6 is 0 Å². The highest BCUT2D eigenvalue weighted by Gasteiger charge is 2.75. The van der Waals surface area contributed by atoms with Gasteiger partial charge in [0.05, 0.1) is 17.3 Å². The minimum absolute atomic E-state index is 0.00827. The van der Waals surface area contributed by atoms with Gasteiger partial charge in [-0.1, -0.05) is 95.9 Å². The van der Waals surface area contributed by atoms with Crippen molar-refractivity contribution >= 4 is 17.3 Å². The van der Waals surface area contributed by atoms with E-state index in [1.807, 2.05) is 32.2 Å². The molecule has 0 spiro atoms. The molecule has 0 radical (unpaired) electrons. The average molecular weight is 986 g/mol. The third kappa shape index (κ3) is 8.23. The number of allylic oxidation sites excluding steroid dienone is 2. The lowest BCUT2D eigenvalue weighted by Gasteiger charge is -2.73. The quantitative estimate of drug-likeness (QED) is 0.0952. The Labute approximate surface area is 432 Å². The van der Waals surface area contributed by atoms with Crippen LogP contribution in [0.3, 0.4) is 0 Å². The molecule has 394 valence electrons. The summed E-state index contributed by atoms with van der Waals surface area (Å²) in [5.74, 6) is 2.34. The molecule has 8 fully saturated rings. The molecule has 7 aliphatic carbocycles. The van der Waals surface area contributed by atoms with Crippen LogP contribution in [-0.4, -0.2) is 69.9 Å². The summed E-state index contributed by atoms with van der Waals surface area (Å²) in [6, 6.07) is 14.3. The van der Waals surface area contributed by atoms with Gasteiger partial charge in [0.2, 0.25) is 0 Å². The van der Waals surface area contributed by atoms with Crippen molar-refractivity contribution in [3.63, 3.8) is 0 Å². The highest BCUT2D eigenvalue weighted by molar-refractivity contribution is 6.01. The van der Waals surface area contributed by atoms with Crippen molar-refractivity contribution in [3.05, 3.63) is 70.3 Å². The van der Waals surface area contributed by atoms with E-state index in [1.165, 1.54) is 43.2 Å². The summed E-state index contributed by atoms with van der Waals surface area (Å²) in [7, 11) is 1.93. The minimum atomic E-state index is -0.865. The van der Waals surface area contributed by atoms with E-state index in [1.54, 1.807) is 0 Å². The number of aliphatic hydroxyl groups excluding tert-OH is 1. The molecule has 0 amide bonds. The first-order valence-corrected chi connectivity index (χ1v) is 29.3. The molecule has 2 aromatic rings. The molecule has 15 atom stereocenters. The average Bonchev–Trinajstić information content (AvgIpc) is 3.77. The predicted molar refractivity (Wildman–Crippen MR) is 285 cm³/mol. The SMILES string of the molecule is CNCc1cc(O)cc(C2CC3(C4CCCC4)C4C(CC5(C)C3CCC3=C(C(CC(O)C6OC6(C)C6CCCC6c6cccc(N)c6)C6CCCCC6)C(=O)CC35C)NCC(C)(O)CCCCC4(C)C2=O)c1. The number of benzene rings is 2. The maximum atomic E-state index is 15.9. The van der Waals surface area contributed by atoms with Crippen LogP contribution < -0.4 is 16.4 Å². The van der Waals surface area contributed by atoms with E-state index in [0.717, 1.165) is 112 Å². The molecule has 9 nitrogen and oxygen atoms in total. The number of aliphatic hydroxyl groups is 2. The Bertz CT molecular complexity index is 2420. The lowest BCUT2D eigenvalue weighted by molar-refractivity contribution is -0.222. The molecule has 2 heterocycles. The molecule has 9 aliphatic rings. The Morgan fingerprint density at radius 2 is 1.60 bits per heavy atom. The number of phenols is 1. The molecule has 6 saturated carbocycles. The van der Waals surface area contributed by atoms with Crippen LogP contribution in [-0.2, 0) is 20.9 Å². The molecule has 2 saturated heterocycles. The van der Waals surface area contributed by atoms with Gasteiger partial charge in [0.25, 0.3) is 0 Å². The summed E-state index contributed by atoms with van der Waals surface area (Å²) in [4.78, 5) is 31.6. The van der Waals surface area contributed by atoms with Crippen LogP contribution in [0.5, 0.6) is 5.75 Å². The van der Waals surface area contributed by atoms with E-state index in [2.05, 4.69) is 62.6 Å². The molecule has 9 heteroatoms. The van der Waals surface area contributed by atoms with Crippen LogP contribution in [0.2, 0.25) is 0 Å². The number of hydrogen-bond donors (Lipinski definition) is 6. The normalized spacial score (nSPS) is 42.5. The molecule has 0 aromatic heterocycles. The molecule has 2 aromatic carbocycles. The standard InChI is InChI=1S/C63H91N3O6/c1-58(71)26-12-13-27-59(2)55-50(66-37-58)34-61(4)53(63(55,42-19-10-11-20-42)33-47(56(59)70)41-28-38(36-65-6)29-44(67)31-41)25-24-49-54(52(69)35-60(49,61)3)46(39-16-8-7-9-17-39)32-51(68)57-62(5,72-57)48-23-15-22-45(48)40-18-14-21-43(64)30-40/h14,18,21,28-31,39,42,45-48,50-51,53,55,57,65-68,71H,7-13,15-17,19-20,22-27,32-37,64H2,1-6H3. The Balaban J connectivity index is 0.999. The van der Waals surface area contributed by atoms with Crippen LogP contribution in [0.25, 0.3) is 0 Å². The number of phenolic OH excluding ortho intramolecular Hbond substituents is 1. The summed E-state index contributed by atoms with van der Waals surface area (Å²) in [6.45, 7) is 12.7. The van der Waals surface area contributed by atoms with E-state index in [-0.39, 0.29) is 52.4 Å². The van der Waals surface area contributed by atoms with Crippen molar-refractivity contribution < 1.29 is 29.6 Å². The zero-order valence-electron chi connectivity index (χ0n) is 45.0. The van der Waals surface area contributed by atoms with Gasteiger partial charge in [0.15, 0.2) is 5.78 Å². The number of nitrogen functional groups attached to an aromatic ring is 1. The molecular weight excluding hydrogens is 895 g/mol. The number of carbonyl (C=O) groups is 2. The number of β-amino-alcohol motifs (C(OH)–C–C–N with tert-alkyl or cyclic N) is 1. The minimum Gasteiger partial charge on any atom is -0.508 e. The molecule has 72 heavy (non-hydrogen) atoms. The van der Waals surface area contributed by atoms with Crippen molar-refractivity contribution in [1.29, 1.82) is 0 Å². The van der Waals surface area contributed by atoms with Crippen molar-refractivity contribution in [1.82, 2.24) is 10.6 Å². The number of hydrogen-bond acceptors (Lipinski definition) is 9. The highest BCUT2D eigenvalue weighted by Crippen LogP contribution is 2.78. The molecule has 0 bridgehead atoms. The number of nitrogens with two attached hydrogens (primary N) is 1. The first-order valence-electron chi connectivity index (χ1n) is 29.3. The molecule has 11 rings (SSSR count). The monoisotopic (exact) mass is 986 g/mol. The highest BCUT2D eigenvalue weighted by atomic mass is 16.6. The summed E-state index contributed by atoms with van der Waals surface area (Å²) in [5.41, 5.74) is 10.0. The fourth-order valence-electron chi connectivity index (χ4n) is 19.9. The number of ketones is 2. The van der Waals surface area contributed by atoms with Gasteiger partial charge in [0.1, 0.15) is 17.6 Å². The molecule has 15 unspecified atom stereocenters. The van der Waals surface area contributed by atoms with Crippen LogP contribution in [0.4, 0.5) is 5.69 Å². The number of ether oxygens (including phenoxy) is 1. The number of fused-ring (bicyclic) bond motifs is 4. The van der Waals surface area contributed by atoms with Gasteiger partial charge < -0.3 is 36.4 Å². The number of anilines is 1. The summed E-state index contributed by atoms with van der Waals surface area (Å²) >= 11 is 0. The summed E-state index contributed by atoms with van der Waals surface area (Å²) < 4.78 is 6.76. The van der Waals surface area contributed by atoms with Gasteiger partial charge in [0, 0.05) is 48.0 Å². The molecule has 7 N–H and O–H groups in total. The Hall–Kier alpha value is -3.08. The van der Waals surface area contributed by atoms with Crippen LogP contribution in [0.1, 0.15) is 204 Å². The first-order chi connectivity index (χ1) is 34.4. The lowest BCUT2D eigenvalue weighted by Crippen LogP contribution is -2.72. The smallest absolute Gasteiger partial charge is 0.160 e. The van der Waals surface area contributed by atoms with Gasteiger partial charge in [-0.05, 0) is 203 Å². The maximum Gasteiger partial charge on any atom is 0.160 e. The fraction of sp³-hybridized carbons (Fsp3) is 0.746. The van der Waals surface area contributed by atoms with Crippen molar-refractivity contribution in [2.45, 2.75) is 224 Å². The Morgan fingerprint density at radius 1 is 0.847 bits per heavy atom. The second-order valence-electron chi connectivity index (χ2n) is 27.1. The van der Waals surface area contributed by atoms with E-state index < -0.39 is 28.1 Å². The number of epoxide rings is 1. The topological polar surface area (TPSA) is 157 Å². The zero-order chi connectivity index (χ0) is 50.6. The van der Waals surface area contributed by atoms with Crippen molar-refractivity contribution in [2.75, 3.05) is 19.3 Å². The fourth-order valence-corrected chi connectivity index (χ4v) is 19.9. The van der Waals surface area contributed by atoms with Crippen LogP contribution in [0.15, 0.2) is 53.6 Å². The van der Waals surface area contributed by atoms with Gasteiger partial charge >= 0.3 is 0 Å². The third-order valence-corrected chi connectivity index (χ3v) is 23.1. The number of aromatic hydroxyl groups is 1. The van der Waals surface area contributed by atoms with Gasteiger partial charge in [-0.2, -0.15) is 0 Å². The second-order valence-corrected chi connectivity index (χ2v) is 27.1. The first kappa shape index (κ1) is 51.0. The number of nitrogens with one attached hydrogen (secondary N) is 2. The number of Topliss-reactive ketones (excluding diaryl/α,β-unsaturated/α-hetero) is 2. The van der Waals surface area contributed by atoms with Crippen molar-refractivity contribution in [3.8, 4) is 5.75 Å². The lowest BCUT2D eigenvalue weighted by atomic mass is 9.31. The van der Waals surface area contributed by atoms with Gasteiger partial charge in [-0.15, -0.1) is 0 Å². The van der Waals surface area contributed by atoms with Gasteiger partial charge in [-0.25, -0.2) is 0 Å². The number of rotatable bonds is 11. The van der Waals surface area contributed by atoms with Crippen molar-refractivity contribution in [2.24, 2.45) is 57.2 Å². The summed E-state index contributed by atoms with van der Waals surface area (Å²) in [6.07, 6.45) is 20.7. The van der Waals surface area contributed by atoms with E-state index in [0.29, 0.717) is 67.6 Å². The van der Waals surface area contributed by atoms with E-state index in [4.69, 9.17) is 10.5 Å². The molecular formula is C63H91N3O6. The zero-order valence-corrected chi connectivity index (χ0v) is 45.0. The van der Waals surface area contributed by atoms with E-state index in [9.17, 15) is 15.3 Å². The van der Waals surface area contributed by atoms with E-state index >= 15 is 9.59 Å². The number of carbonyl (C=O) groups excluding carboxylic acids is 2. The Morgan fingerprint density at radius 3 is 2.35 bits per heavy atom. The summed E-state index contributed by atoms with van der Waals surface area (Å²) in [5, 5.41) is 43.3. The van der Waals surface area contributed by atoms with Gasteiger partial charge in [-0.3, -0.25) is 9.59 Å².